The van der Waals surface area contributed by atoms with E-state index in [4.69, 9.17) is 0 Å². The van der Waals surface area contributed by atoms with Crippen LogP contribution in [0.5, 0.6) is 0 Å². The molecule has 0 aliphatic carbocycles. The summed E-state index contributed by atoms with van der Waals surface area (Å²) in [7, 11) is 1.96. The molecule has 1 atom stereocenters. The minimum absolute atomic E-state index is 0.392. The quantitative estimate of drug-likeness (QED) is 0.693. The predicted octanol–water partition coefficient (Wildman–Crippen LogP) is 1.67. The Hall–Kier alpha value is -0.890. The van der Waals surface area contributed by atoms with Gasteiger partial charge in [-0.1, -0.05) is 6.07 Å². The van der Waals surface area contributed by atoms with Crippen LogP contribution in [0.4, 0.5) is 0 Å². The number of hydrogen-bond donors (Lipinski definition) is 1. The Bertz CT molecular complexity index is 233. The fourth-order valence-electron chi connectivity index (χ4n) is 1.11. The maximum absolute atomic E-state index is 4.21. The molecule has 0 spiro atoms. The van der Waals surface area contributed by atoms with Crippen LogP contribution < -0.4 is 5.32 Å². The number of aryl methyl sites for hydroxylation is 1. The van der Waals surface area contributed by atoms with Gasteiger partial charge in [-0.25, -0.2) is 0 Å². The zero-order valence-corrected chi connectivity index (χ0v) is 7.26. The minimum atomic E-state index is 0.392. The van der Waals surface area contributed by atoms with Crippen LogP contribution in [0.1, 0.15) is 24.2 Å². The fourth-order valence-corrected chi connectivity index (χ4v) is 1.11. The van der Waals surface area contributed by atoms with E-state index in [2.05, 4.69) is 23.3 Å². The molecule has 0 amide bonds. The molecule has 1 unspecified atom stereocenters. The van der Waals surface area contributed by atoms with E-state index in [1.165, 1.54) is 5.56 Å². The van der Waals surface area contributed by atoms with E-state index < -0.39 is 0 Å². The molecule has 2 heteroatoms. The molecule has 1 aromatic rings. The Morgan fingerprint density at radius 1 is 1.55 bits per heavy atom. The Morgan fingerprint density at radius 3 is 2.82 bits per heavy atom. The van der Waals surface area contributed by atoms with Crippen molar-refractivity contribution >= 4 is 0 Å². The molecule has 11 heavy (non-hydrogen) atoms. The molecule has 2 nitrogen and oxygen atoms in total. The normalized spacial score (nSPS) is 13.0. The summed E-state index contributed by atoms with van der Waals surface area (Å²) in [6, 6.07) is 4.46. The van der Waals surface area contributed by atoms with Crippen molar-refractivity contribution in [2.75, 3.05) is 7.05 Å². The maximum Gasteiger partial charge on any atom is 0.0420 e. The summed E-state index contributed by atoms with van der Waals surface area (Å²) in [5, 5.41) is 3.18. The van der Waals surface area contributed by atoms with Gasteiger partial charge >= 0.3 is 0 Å². The van der Waals surface area contributed by atoms with Crippen molar-refractivity contribution in [3.8, 4) is 0 Å². The van der Waals surface area contributed by atoms with Gasteiger partial charge in [0, 0.05) is 17.9 Å². The van der Waals surface area contributed by atoms with E-state index in [9.17, 15) is 0 Å². The van der Waals surface area contributed by atoms with E-state index in [1.807, 2.05) is 26.2 Å². The third-order valence-electron chi connectivity index (χ3n) is 1.95. The molecule has 1 rings (SSSR count). The second kappa shape index (κ2) is 3.49. The molecule has 0 bridgehead atoms. The number of nitrogens with zero attached hydrogens (tertiary/aromatic N) is 1. The first-order valence-corrected chi connectivity index (χ1v) is 3.84. The van der Waals surface area contributed by atoms with E-state index in [1.54, 1.807) is 0 Å². The zero-order valence-electron chi connectivity index (χ0n) is 7.26. The lowest BCUT2D eigenvalue weighted by atomic mass is 10.1. The first-order valence-electron chi connectivity index (χ1n) is 3.84. The van der Waals surface area contributed by atoms with Crippen LogP contribution in [0, 0.1) is 6.92 Å². The van der Waals surface area contributed by atoms with Crippen LogP contribution in [0.15, 0.2) is 18.3 Å². The van der Waals surface area contributed by atoms with Crippen LogP contribution in [-0.4, -0.2) is 12.0 Å². The molecule has 0 fully saturated rings. The van der Waals surface area contributed by atoms with Crippen molar-refractivity contribution < 1.29 is 0 Å². The summed E-state index contributed by atoms with van der Waals surface area (Å²) in [5.74, 6) is 0. The Morgan fingerprint density at radius 2 is 2.27 bits per heavy atom. The number of nitrogens with one attached hydrogen (secondary N) is 1. The molecule has 0 aliphatic rings. The summed E-state index contributed by atoms with van der Waals surface area (Å²) in [4.78, 5) is 4.21. The highest BCUT2D eigenvalue weighted by Crippen LogP contribution is 2.13. The monoisotopic (exact) mass is 150 g/mol. The molecule has 0 saturated heterocycles. The number of rotatable bonds is 2. The molecular weight excluding hydrogens is 136 g/mol. The number of aromatic nitrogens is 1. The molecule has 1 N–H and O–H groups in total. The third kappa shape index (κ3) is 1.77. The molecule has 0 aliphatic heterocycles. The van der Waals surface area contributed by atoms with E-state index in [0.717, 1.165) is 5.69 Å². The van der Waals surface area contributed by atoms with Gasteiger partial charge in [0.15, 0.2) is 0 Å². The van der Waals surface area contributed by atoms with Crippen LogP contribution in [0.25, 0.3) is 0 Å². The highest BCUT2D eigenvalue weighted by molar-refractivity contribution is 5.21. The Kier molecular flexibility index (Phi) is 2.60. The van der Waals surface area contributed by atoms with Gasteiger partial charge in [0.25, 0.3) is 0 Å². The first-order chi connectivity index (χ1) is 5.25. The molecule has 0 radical (unpaired) electrons. The summed E-state index contributed by atoms with van der Waals surface area (Å²) < 4.78 is 0. The lowest BCUT2D eigenvalue weighted by Crippen LogP contribution is -2.13. The molecule has 0 saturated carbocycles. The van der Waals surface area contributed by atoms with Gasteiger partial charge in [-0.2, -0.15) is 0 Å². The lowest BCUT2D eigenvalue weighted by Gasteiger charge is -2.11. The lowest BCUT2D eigenvalue weighted by molar-refractivity contribution is 0.644. The van der Waals surface area contributed by atoms with Gasteiger partial charge in [0.2, 0.25) is 0 Å². The standard InChI is InChI=1S/C9H14N2/c1-7(10-3)9-5-4-6-11-8(9)2/h4-7,10H,1-3H3. The molecule has 1 heterocycles. The fraction of sp³-hybridized carbons (Fsp3) is 0.444. The summed E-state index contributed by atoms with van der Waals surface area (Å²) in [5.41, 5.74) is 2.38. The number of hydrogen-bond acceptors (Lipinski definition) is 2. The highest BCUT2D eigenvalue weighted by atomic mass is 14.9. The van der Waals surface area contributed by atoms with Crippen LogP contribution in [-0.2, 0) is 0 Å². The molecule has 1 aromatic heterocycles. The van der Waals surface area contributed by atoms with Gasteiger partial charge in [-0.3, -0.25) is 4.98 Å². The van der Waals surface area contributed by atoms with Crippen molar-refractivity contribution in [2.24, 2.45) is 0 Å². The maximum atomic E-state index is 4.21. The van der Waals surface area contributed by atoms with Crippen molar-refractivity contribution in [1.82, 2.24) is 10.3 Å². The minimum Gasteiger partial charge on any atom is -0.313 e. The Balaban J connectivity index is 2.93. The topological polar surface area (TPSA) is 24.9 Å². The summed E-state index contributed by atoms with van der Waals surface area (Å²) in [6.45, 7) is 4.16. The predicted molar refractivity (Wildman–Crippen MR) is 46.4 cm³/mol. The highest BCUT2D eigenvalue weighted by Gasteiger charge is 2.04. The average molecular weight is 150 g/mol. The largest absolute Gasteiger partial charge is 0.313 e. The third-order valence-corrected chi connectivity index (χ3v) is 1.95. The zero-order chi connectivity index (χ0) is 8.27. The van der Waals surface area contributed by atoms with E-state index in [0.29, 0.717) is 6.04 Å². The van der Waals surface area contributed by atoms with E-state index in [-0.39, 0.29) is 0 Å². The summed E-state index contributed by atoms with van der Waals surface area (Å²) in [6.07, 6.45) is 1.82. The van der Waals surface area contributed by atoms with Gasteiger partial charge in [0.05, 0.1) is 0 Å². The molecule has 60 valence electrons. The van der Waals surface area contributed by atoms with Crippen molar-refractivity contribution in [1.29, 1.82) is 0 Å². The summed E-state index contributed by atoms with van der Waals surface area (Å²) >= 11 is 0. The van der Waals surface area contributed by atoms with Crippen molar-refractivity contribution in [3.05, 3.63) is 29.6 Å². The van der Waals surface area contributed by atoms with Crippen LogP contribution in [0.2, 0.25) is 0 Å². The average Bonchev–Trinajstić information content (AvgIpc) is 2.04. The van der Waals surface area contributed by atoms with Gasteiger partial charge in [0.1, 0.15) is 0 Å². The molecule has 0 aromatic carbocycles. The van der Waals surface area contributed by atoms with E-state index >= 15 is 0 Å². The SMILES string of the molecule is CNC(C)c1cccnc1C. The van der Waals surface area contributed by atoms with Crippen LogP contribution >= 0.6 is 0 Å². The van der Waals surface area contributed by atoms with Crippen molar-refractivity contribution in [2.45, 2.75) is 19.9 Å². The Labute approximate surface area is 67.7 Å². The second-order valence-corrected chi connectivity index (χ2v) is 2.69. The van der Waals surface area contributed by atoms with Crippen LogP contribution in [0.3, 0.4) is 0 Å². The van der Waals surface area contributed by atoms with Gasteiger partial charge in [-0.05, 0) is 32.5 Å². The van der Waals surface area contributed by atoms with Gasteiger partial charge < -0.3 is 5.32 Å². The molecular formula is C9H14N2. The van der Waals surface area contributed by atoms with Crippen molar-refractivity contribution in [3.63, 3.8) is 0 Å². The second-order valence-electron chi connectivity index (χ2n) is 2.69. The smallest absolute Gasteiger partial charge is 0.0420 e. The number of pyridine rings is 1. The first kappa shape index (κ1) is 8.21. The van der Waals surface area contributed by atoms with Gasteiger partial charge in [-0.15, -0.1) is 0 Å².